The average molecular weight is 303 g/mol. The van der Waals surface area contributed by atoms with Crippen LogP contribution in [0.1, 0.15) is 36.8 Å². The average Bonchev–Trinajstić information content (AvgIpc) is 3.21. The Labute approximate surface area is 137 Å². The first-order chi connectivity index (χ1) is 11.4. The molecule has 1 aliphatic heterocycles. The van der Waals surface area contributed by atoms with Crippen molar-refractivity contribution >= 4 is 22.6 Å². The van der Waals surface area contributed by atoms with Crippen molar-refractivity contribution in [3.05, 3.63) is 65.3 Å². The molecule has 0 atom stereocenters. The topological polar surface area (TPSA) is 21.6 Å². The summed E-state index contributed by atoms with van der Waals surface area (Å²) in [7, 11) is 0. The minimum atomic E-state index is 0.778. The second kappa shape index (κ2) is 6.41. The summed E-state index contributed by atoms with van der Waals surface area (Å²) in [5.41, 5.74) is 6.21. The third-order valence-electron chi connectivity index (χ3n) is 4.77. The molecule has 2 aliphatic carbocycles. The Morgan fingerprint density at radius 3 is 2.70 bits per heavy atom. The SMILES string of the molecule is C1=CC2=C(CC1)CCc1c2ccc2ccccc12.C1=NOCC1. The summed E-state index contributed by atoms with van der Waals surface area (Å²) in [6, 6.07) is 13.4. The predicted molar refractivity (Wildman–Crippen MR) is 96.6 cm³/mol. The van der Waals surface area contributed by atoms with Crippen molar-refractivity contribution in [1.82, 2.24) is 0 Å². The summed E-state index contributed by atoms with van der Waals surface area (Å²) in [4.78, 5) is 4.51. The first kappa shape index (κ1) is 14.3. The molecule has 0 N–H and O–H groups in total. The Morgan fingerprint density at radius 2 is 1.87 bits per heavy atom. The van der Waals surface area contributed by atoms with Gasteiger partial charge in [-0.3, -0.25) is 0 Å². The van der Waals surface area contributed by atoms with Crippen LogP contribution in [0, 0.1) is 0 Å². The van der Waals surface area contributed by atoms with Crippen molar-refractivity contribution in [3.8, 4) is 0 Å². The van der Waals surface area contributed by atoms with E-state index in [0.717, 1.165) is 13.0 Å². The highest BCUT2D eigenvalue weighted by molar-refractivity contribution is 5.93. The quantitative estimate of drug-likeness (QED) is 0.648. The van der Waals surface area contributed by atoms with Crippen LogP contribution in [0.25, 0.3) is 16.3 Å². The highest BCUT2D eigenvalue weighted by atomic mass is 16.6. The van der Waals surface area contributed by atoms with Gasteiger partial charge >= 0.3 is 0 Å². The largest absolute Gasteiger partial charge is 0.396 e. The molecule has 2 nitrogen and oxygen atoms in total. The number of rotatable bonds is 0. The van der Waals surface area contributed by atoms with E-state index in [1.807, 2.05) is 0 Å². The van der Waals surface area contributed by atoms with Gasteiger partial charge in [-0.25, -0.2) is 0 Å². The van der Waals surface area contributed by atoms with Crippen molar-refractivity contribution in [2.24, 2.45) is 5.16 Å². The molecule has 2 aromatic rings. The van der Waals surface area contributed by atoms with E-state index in [9.17, 15) is 0 Å². The number of nitrogens with zero attached hydrogens (tertiary/aromatic N) is 1. The zero-order valence-corrected chi connectivity index (χ0v) is 13.3. The third kappa shape index (κ3) is 2.81. The molecule has 0 saturated heterocycles. The molecule has 0 unspecified atom stereocenters. The zero-order chi connectivity index (χ0) is 15.5. The number of hydrogen-bond acceptors (Lipinski definition) is 2. The fourth-order valence-corrected chi connectivity index (χ4v) is 3.65. The van der Waals surface area contributed by atoms with E-state index in [2.05, 4.69) is 58.5 Å². The van der Waals surface area contributed by atoms with Crippen LogP contribution in [0.15, 0.2) is 59.3 Å². The monoisotopic (exact) mass is 303 g/mol. The van der Waals surface area contributed by atoms with Gasteiger partial charge in [-0.2, -0.15) is 0 Å². The molecular weight excluding hydrogens is 282 g/mol. The van der Waals surface area contributed by atoms with E-state index >= 15 is 0 Å². The van der Waals surface area contributed by atoms with Crippen LogP contribution in [-0.4, -0.2) is 12.8 Å². The molecule has 5 rings (SSSR count). The molecule has 0 amide bonds. The lowest BCUT2D eigenvalue weighted by atomic mass is 9.80. The Hall–Kier alpha value is -2.35. The van der Waals surface area contributed by atoms with Gasteiger partial charge in [0.15, 0.2) is 0 Å². The number of aryl methyl sites for hydroxylation is 1. The Bertz CT molecular complexity index is 808. The molecule has 0 spiro atoms. The summed E-state index contributed by atoms with van der Waals surface area (Å²) >= 11 is 0. The lowest BCUT2D eigenvalue weighted by molar-refractivity contribution is 0.174. The molecule has 116 valence electrons. The number of oxime groups is 1. The molecule has 23 heavy (non-hydrogen) atoms. The molecule has 1 heterocycles. The summed E-state index contributed by atoms with van der Waals surface area (Å²) in [6.45, 7) is 0.778. The first-order valence-corrected chi connectivity index (χ1v) is 8.47. The Morgan fingerprint density at radius 1 is 0.913 bits per heavy atom. The highest BCUT2D eigenvalue weighted by Crippen LogP contribution is 2.39. The van der Waals surface area contributed by atoms with Gasteiger partial charge in [-0.15, -0.1) is 0 Å². The van der Waals surface area contributed by atoms with Gasteiger partial charge in [-0.05, 0) is 53.2 Å². The van der Waals surface area contributed by atoms with Gasteiger partial charge in [0.05, 0.1) is 0 Å². The first-order valence-electron chi connectivity index (χ1n) is 8.47. The van der Waals surface area contributed by atoms with Crippen molar-refractivity contribution in [3.63, 3.8) is 0 Å². The maximum Gasteiger partial charge on any atom is 0.122 e. The second-order valence-electron chi connectivity index (χ2n) is 6.18. The van der Waals surface area contributed by atoms with Gasteiger partial charge in [0.2, 0.25) is 0 Å². The molecule has 3 aliphatic rings. The third-order valence-corrected chi connectivity index (χ3v) is 4.77. The maximum absolute atomic E-state index is 4.51. The normalized spacial score (nSPS) is 18.1. The summed E-state index contributed by atoms with van der Waals surface area (Å²) in [6.07, 6.45) is 12.4. The van der Waals surface area contributed by atoms with Gasteiger partial charge in [0.1, 0.15) is 6.61 Å². The van der Waals surface area contributed by atoms with Crippen molar-refractivity contribution in [2.45, 2.75) is 32.1 Å². The van der Waals surface area contributed by atoms with Gasteiger partial charge in [0, 0.05) is 12.6 Å². The number of fused-ring (bicyclic) bond motifs is 4. The van der Waals surface area contributed by atoms with Gasteiger partial charge < -0.3 is 4.84 Å². The highest BCUT2D eigenvalue weighted by Gasteiger charge is 2.20. The molecular formula is C21H21NO. The predicted octanol–water partition coefficient (Wildman–Crippen LogP) is 5.28. The standard InChI is InChI=1S/C18H16.C3H5NO/c1-3-7-15-13(5-1)9-11-18-16-8-4-2-6-14(16)10-12-17(15)18;1-2-4-5-3-1/h1,3-5,7-9,11H,2,6,10,12H2;2H,1,3H2. The minimum Gasteiger partial charge on any atom is -0.396 e. The van der Waals surface area contributed by atoms with Crippen LogP contribution in [0.2, 0.25) is 0 Å². The Balaban J connectivity index is 0.000000233. The van der Waals surface area contributed by atoms with E-state index < -0.39 is 0 Å². The fraction of sp³-hybridized carbons (Fsp3) is 0.286. The summed E-state index contributed by atoms with van der Waals surface area (Å²) < 4.78 is 0. The van der Waals surface area contributed by atoms with Crippen LogP contribution in [-0.2, 0) is 11.3 Å². The Kier molecular flexibility index (Phi) is 3.97. The number of allylic oxidation sites excluding steroid dienone is 4. The van der Waals surface area contributed by atoms with Crippen molar-refractivity contribution < 1.29 is 4.84 Å². The number of hydrogen-bond donors (Lipinski definition) is 0. The molecule has 0 fully saturated rings. The molecule has 0 aromatic heterocycles. The maximum atomic E-state index is 4.51. The summed E-state index contributed by atoms with van der Waals surface area (Å²) in [5.74, 6) is 0. The second-order valence-corrected chi connectivity index (χ2v) is 6.18. The molecule has 2 aromatic carbocycles. The minimum absolute atomic E-state index is 0.778. The number of benzene rings is 2. The van der Waals surface area contributed by atoms with Crippen molar-refractivity contribution in [2.75, 3.05) is 6.61 Å². The van der Waals surface area contributed by atoms with Crippen LogP contribution < -0.4 is 0 Å². The van der Waals surface area contributed by atoms with Crippen LogP contribution in [0.3, 0.4) is 0 Å². The van der Waals surface area contributed by atoms with E-state index in [-0.39, 0.29) is 0 Å². The smallest absolute Gasteiger partial charge is 0.122 e. The van der Waals surface area contributed by atoms with E-state index in [4.69, 9.17) is 0 Å². The summed E-state index contributed by atoms with van der Waals surface area (Å²) in [5, 5.41) is 6.28. The zero-order valence-electron chi connectivity index (χ0n) is 13.3. The van der Waals surface area contributed by atoms with Crippen LogP contribution in [0.5, 0.6) is 0 Å². The van der Waals surface area contributed by atoms with E-state index in [1.54, 1.807) is 17.4 Å². The lowest BCUT2D eigenvalue weighted by Gasteiger charge is -2.25. The van der Waals surface area contributed by atoms with Crippen LogP contribution in [0.4, 0.5) is 0 Å². The van der Waals surface area contributed by atoms with Gasteiger partial charge in [-0.1, -0.05) is 59.3 Å². The fourth-order valence-electron chi connectivity index (χ4n) is 3.65. The van der Waals surface area contributed by atoms with E-state index in [1.165, 1.54) is 47.6 Å². The van der Waals surface area contributed by atoms with Gasteiger partial charge in [0.25, 0.3) is 0 Å². The van der Waals surface area contributed by atoms with E-state index in [0.29, 0.717) is 0 Å². The molecule has 0 radical (unpaired) electrons. The molecule has 2 heteroatoms. The molecule has 0 saturated carbocycles. The van der Waals surface area contributed by atoms with Crippen molar-refractivity contribution in [1.29, 1.82) is 0 Å². The molecule has 0 bridgehead atoms. The lowest BCUT2D eigenvalue weighted by Crippen LogP contribution is -2.06. The van der Waals surface area contributed by atoms with Crippen LogP contribution >= 0.6 is 0 Å².